The van der Waals surface area contributed by atoms with E-state index < -0.39 is 0 Å². The molecule has 3 heterocycles. The fraction of sp³-hybridized carbons (Fsp3) is 0.565. The third kappa shape index (κ3) is 3.06. The van der Waals surface area contributed by atoms with E-state index in [0.29, 0.717) is 23.9 Å². The van der Waals surface area contributed by atoms with Crippen molar-refractivity contribution >= 4 is 11.8 Å². The second-order valence-electron chi connectivity index (χ2n) is 8.72. The Balaban J connectivity index is 1.57. The first-order valence-electron chi connectivity index (χ1n) is 10.9. The largest absolute Gasteiger partial charge is 0.368 e. The molecule has 3 unspecified atom stereocenters. The van der Waals surface area contributed by atoms with Gasteiger partial charge in [-0.1, -0.05) is 30.3 Å². The topological polar surface area (TPSA) is 58.3 Å². The number of nitrogens with zero attached hydrogens (tertiary/aromatic N) is 4. The second kappa shape index (κ2) is 7.36. The summed E-state index contributed by atoms with van der Waals surface area (Å²) in [7, 11) is 2.29. The van der Waals surface area contributed by atoms with Gasteiger partial charge in [-0.05, 0) is 64.1 Å². The van der Waals surface area contributed by atoms with Gasteiger partial charge in [-0.25, -0.2) is 4.98 Å². The van der Waals surface area contributed by atoms with Crippen molar-refractivity contribution in [3.63, 3.8) is 0 Å². The maximum Gasteiger partial charge on any atom is 0.222 e. The summed E-state index contributed by atoms with van der Waals surface area (Å²) in [5.74, 6) is 1.90. The lowest BCUT2D eigenvalue weighted by Gasteiger charge is -2.49. The molecule has 2 N–H and O–H groups in total. The third-order valence-corrected chi connectivity index (χ3v) is 7.08. The van der Waals surface area contributed by atoms with E-state index in [2.05, 4.69) is 47.2 Å². The molecule has 5 nitrogen and oxygen atoms in total. The fourth-order valence-electron chi connectivity index (χ4n) is 5.78. The van der Waals surface area contributed by atoms with Gasteiger partial charge in [0.05, 0.1) is 5.69 Å². The van der Waals surface area contributed by atoms with Crippen LogP contribution >= 0.6 is 0 Å². The van der Waals surface area contributed by atoms with Crippen LogP contribution < -0.4 is 10.6 Å². The smallest absolute Gasteiger partial charge is 0.222 e. The van der Waals surface area contributed by atoms with Gasteiger partial charge < -0.3 is 15.5 Å². The van der Waals surface area contributed by atoms with E-state index >= 15 is 0 Å². The van der Waals surface area contributed by atoms with Crippen molar-refractivity contribution in [3.05, 3.63) is 47.2 Å². The zero-order valence-corrected chi connectivity index (χ0v) is 16.8. The Bertz CT molecular complexity index is 836. The molecule has 1 aliphatic carbocycles. The summed E-state index contributed by atoms with van der Waals surface area (Å²) >= 11 is 0. The summed E-state index contributed by atoms with van der Waals surface area (Å²) in [5.41, 5.74) is 10.1. The average molecular weight is 378 g/mol. The van der Waals surface area contributed by atoms with Crippen LogP contribution in [0.15, 0.2) is 30.3 Å². The molecule has 1 aromatic carbocycles. The Hall–Kier alpha value is -2.14. The molecule has 2 aromatic rings. The number of fused-ring (bicyclic) bond motifs is 2. The van der Waals surface area contributed by atoms with Crippen LogP contribution in [0.5, 0.6) is 0 Å². The summed E-state index contributed by atoms with van der Waals surface area (Å²) < 4.78 is 0. The van der Waals surface area contributed by atoms with Gasteiger partial charge in [0.15, 0.2) is 0 Å². The van der Waals surface area contributed by atoms with Gasteiger partial charge in [-0.3, -0.25) is 0 Å². The lowest BCUT2D eigenvalue weighted by atomic mass is 9.81. The maximum absolute atomic E-state index is 6.27. The van der Waals surface area contributed by atoms with E-state index in [1.54, 1.807) is 0 Å². The lowest BCUT2D eigenvalue weighted by molar-refractivity contribution is 0.130. The number of nitrogen functional groups attached to an aromatic ring is 1. The van der Waals surface area contributed by atoms with Gasteiger partial charge in [-0.2, -0.15) is 4.98 Å². The molecule has 1 aromatic heterocycles. The Morgan fingerprint density at radius 1 is 0.929 bits per heavy atom. The van der Waals surface area contributed by atoms with Crippen molar-refractivity contribution in [2.45, 2.75) is 62.9 Å². The van der Waals surface area contributed by atoms with Gasteiger partial charge >= 0.3 is 0 Å². The van der Waals surface area contributed by atoms with E-state index in [1.807, 2.05) is 0 Å². The number of aromatic nitrogens is 2. The molecule has 3 atom stereocenters. The predicted molar refractivity (Wildman–Crippen MR) is 114 cm³/mol. The highest BCUT2D eigenvalue weighted by Gasteiger charge is 2.39. The van der Waals surface area contributed by atoms with Crippen LogP contribution in [0.4, 0.5) is 11.8 Å². The third-order valence-electron chi connectivity index (χ3n) is 7.08. The molecule has 0 radical (unpaired) electrons. The second-order valence-corrected chi connectivity index (χ2v) is 8.72. The lowest BCUT2D eigenvalue weighted by Crippen LogP contribution is -2.58. The van der Waals surface area contributed by atoms with E-state index in [9.17, 15) is 0 Å². The van der Waals surface area contributed by atoms with Crippen molar-refractivity contribution in [1.82, 2.24) is 14.9 Å². The summed E-state index contributed by atoms with van der Waals surface area (Å²) in [6.07, 6.45) is 8.45. The number of nitrogens with two attached hydrogens (primary N) is 1. The Morgan fingerprint density at radius 3 is 2.57 bits per heavy atom. The van der Waals surface area contributed by atoms with Crippen molar-refractivity contribution in [2.24, 2.45) is 0 Å². The molecule has 5 heteroatoms. The Kier molecular flexibility index (Phi) is 4.71. The number of benzene rings is 1. The molecule has 0 saturated carbocycles. The highest BCUT2D eigenvalue weighted by molar-refractivity contribution is 5.56. The molecule has 2 aliphatic heterocycles. The highest BCUT2D eigenvalue weighted by atomic mass is 15.3. The van der Waals surface area contributed by atoms with Crippen molar-refractivity contribution in [1.29, 1.82) is 0 Å². The molecule has 2 fully saturated rings. The minimum absolute atomic E-state index is 0.337. The van der Waals surface area contributed by atoms with Crippen molar-refractivity contribution in [3.8, 4) is 0 Å². The zero-order chi connectivity index (χ0) is 19.1. The normalized spacial score (nSPS) is 27.9. The van der Waals surface area contributed by atoms with E-state index in [4.69, 9.17) is 15.7 Å². The number of likely N-dealkylation sites (tertiary alicyclic amines) is 1. The van der Waals surface area contributed by atoms with E-state index in [1.165, 1.54) is 55.5 Å². The molecule has 28 heavy (non-hydrogen) atoms. The number of rotatable bonds is 2. The minimum Gasteiger partial charge on any atom is -0.368 e. The quantitative estimate of drug-likeness (QED) is 0.867. The Morgan fingerprint density at radius 2 is 1.71 bits per heavy atom. The van der Waals surface area contributed by atoms with Gasteiger partial charge in [0.2, 0.25) is 5.95 Å². The molecule has 148 valence electrons. The van der Waals surface area contributed by atoms with Gasteiger partial charge in [-0.15, -0.1) is 0 Å². The maximum atomic E-state index is 6.27. The van der Waals surface area contributed by atoms with Crippen LogP contribution in [-0.4, -0.2) is 47.1 Å². The minimum atomic E-state index is 0.337. The first kappa shape index (κ1) is 17.9. The Labute approximate surface area is 168 Å². The van der Waals surface area contributed by atoms with Crippen LogP contribution in [-0.2, 0) is 6.42 Å². The van der Waals surface area contributed by atoms with E-state index in [-0.39, 0.29) is 0 Å². The van der Waals surface area contributed by atoms with Crippen LogP contribution in [0.2, 0.25) is 0 Å². The van der Waals surface area contributed by atoms with Crippen LogP contribution in [0.3, 0.4) is 0 Å². The predicted octanol–water partition coefficient (Wildman–Crippen LogP) is 3.59. The van der Waals surface area contributed by atoms with Crippen LogP contribution in [0, 0.1) is 0 Å². The first-order chi connectivity index (χ1) is 13.7. The van der Waals surface area contributed by atoms with Gasteiger partial charge in [0.1, 0.15) is 5.82 Å². The van der Waals surface area contributed by atoms with Crippen molar-refractivity contribution < 1.29 is 0 Å². The van der Waals surface area contributed by atoms with Crippen LogP contribution in [0.25, 0.3) is 0 Å². The van der Waals surface area contributed by atoms with Crippen LogP contribution in [0.1, 0.15) is 61.3 Å². The summed E-state index contributed by atoms with van der Waals surface area (Å²) in [5, 5.41) is 0. The number of piperidine rings is 2. The van der Waals surface area contributed by atoms with Gasteiger partial charge in [0, 0.05) is 30.1 Å². The molecule has 0 amide bonds. The number of likely N-dealkylation sites (N-methyl/N-ethyl adjacent to an activating group) is 1. The summed E-state index contributed by atoms with van der Waals surface area (Å²) in [6, 6.07) is 12.0. The molecule has 3 aliphatic rings. The van der Waals surface area contributed by atoms with E-state index in [0.717, 1.165) is 25.2 Å². The highest BCUT2D eigenvalue weighted by Crippen LogP contribution is 2.41. The van der Waals surface area contributed by atoms with Gasteiger partial charge in [0.25, 0.3) is 0 Å². The SMILES string of the molecule is CN1CCCC2C1CCCN2c1nc(N)nc2c1CCCC2c1ccccc1. The monoisotopic (exact) mass is 377 g/mol. The summed E-state index contributed by atoms with van der Waals surface area (Å²) in [6.45, 7) is 2.31. The number of hydrogen-bond donors (Lipinski definition) is 1. The average Bonchev–Trinajstić information content (AvgIpc) is 2.73. The fourth-order valence-corrected chi connectivity index (χ4v) is 5.78. The molecular formula is C23H31N5. The van der Waals surface area contributed by atoms with Crippen molar-refractivity contribution in [2.75, 3.05) is 30.8 Å². The molecule has 5 rings (SSSR count). The molecule has 0 spiro atoms. The zero-order valence-electron chi connectivity index (χ0n) is 16.8. The number of anilines is 2. The summed E-state index contributed by atoms with van der Waals surface area (Å²) in [4.78, 5) is 14.8. The molecule has 0 bridgehead atoms. The first-order valence-corrected chi connectivity index (χ1v) is 10.9. The molecule has 2 saturated heterocycles. The standard InChI is InChI=1S/C23H31N5/c1-27-14-6-13-20-19(27)12-7-15-28(20)22-18-11-5-10-17(16-8-3-2-4-9-16)21(18)25-23(24)26-22/h2-4,8-9,17,19-20H,5-7,10-15H2,1H3,(H2,24,25,26). The number of hydrogen-bond acceptors (Lipinski definition) is 5. The molecular weight excluding hydrogens is 346 g/mol.